The van der Waals surface area contributed by atoms with Crippen LogP contribution in [0.15, 0.2) is 24.3 Å². The lowest BCUT2D eigenvalue weighted by Gasteiger charge is -2.06. The van der Waals surface area contributed by atoms with Gasteiger partial charge in [0.05, 0.1) is 12.8 Å². The van der Waals surface area contributed by atoms with Gasteiger partial charge in [-0.05, 0) is 44.5 Å². The van der Waals surface area contributed by atoms with Crippen molar-refractivity contribution >= 4 is 0 Å². The summed E-state index contributed by atoms with van der Waals surface area (Å²) in [6.45, 7) is 5.89. The summed E-state index contributed by atoms with van der Waals surface area (Å²) in [6, 6.07) is 8.20. The molecule has 1 heterocycles. The van der Waals surface area contributed by atoms with Crippen molar-refractivity contribution in [2.45, 2.75) is 26.8 Å². The zero-order valence-corrected chi connectivity index (χ0v) is 11.8. The maximum Gasteiger partial charge on any atom is 0.119 e. The van der Waals surface area contributed by atoms with E-state index in [4.69, 9.17) is 4.74 Å². The van der Waals surface area contributed by atoms with Crippen LogP contribution in [0.2, 0.25) is 0 Å². The van der Waals surface area contributed by atoms with E-state index in [1.54, 1.807) is 7.11 Å². The van der Waals surface area contributed by atoms with Gasteiger partial charge in [-0.25, -0.2) is 0 Å². The SMILES string of the molecule is COc1cccc(CCNCc2c(C)n[nH]c2C)c1. The van der Waals surface area contributed by atoms with Crippen molar-refractivity contribution in [2.24, 2.45) is 0 Å². The topological polar surface area (TPSA) is 49.9 Å². The molecule has 0 aliphatic carbocycles. The standard InChI is InChI=1S/C15H21N3O/c1-11-15(12(2)18-17-11)10-16-8-7-13-5-4-6-14(9-13)19-3/h4-6,9,16H,7-8,10H2,1-3H3,(H,17,18). The molecule has 0 aliphatic heterocycles. The lowest BCUT2D eigenvalue weighted by molar-refractivity contribution is 0.414. The van der Waals surface area contributed by atoms with Crippen LogP contribution in [0.25, 0.3) is 0 Å². The van der Waals surface area contributed by atoms with E-state index in [0.717, 1.165) is 36.6 Å². The number of methoxy groups -OCH3 is 1. The van der Waals surface area contributed by atoms with Crippen LogP contribution in [0.5, 0.6) is 5.75 Å². The van der Waals surface area contributed by atoms with Crippen molar-refractivity contribution < 1.29 is 4.74 Å². The quantitative estimate of drug-likeness (QED) is 0.783. The molecule has 4 nitrogen and oxygen atoms in total. The minimum absolute atomic E-state index is 0.859. The van der Waals surface area contributed by atoms with Gasteiger partial charge in [-0.1, -0.05) is 12.1 Å². The summed E-state index contributed by atoms with van der Waals surface area (Å²) < 4.78 is 5.22. The molecule has 19 heavy (non-hydrogen) atoms. The molecule has 2 aromatic rings. The van der Waals surface area contributed by atoms with Crippen molar-refractivity contribution in [3.8, 4) is 5.75 Å². The van der Waals surface area contributed by atoms with Crippen LogP contribution in [0.1, 0.15) is 22.5 Å². The van der Waals surface area contributed by atoms with Crippen LogP contribution >= 0.6 is 0 Å². The van der Waals surface area contributed by atoms with Gasteiger partial charge in [0.25, 0.3) is 0 Å². The minimum atomic E-state index is 0.859. The summed E-state index contributed by atoms with van der Waals surface area (Å²) in [4.78, 5) is 0. The molecule has 0 saturated carbocycles. The number of nitrogens with one attached hydrogen (secondary N) is 2. The highest BCUT2D eigenvalue weighted by atomic mass is 16.5. The van der Waals surface area contributed by atoms with Gasteiger partial charge >= 0.3 is 0 Å². The lowest BCUT2D eigenvalue weighted by atomic mass is 10.1. The Labute approximate surface area is 114 Å². The Morgan fingerprint density at radius 2 is 2.16 bits per heavy atom. The van der Waals surface area contributed by atoms with Crippen molar-refractivity contribution in [3.05, 3.63) is 46.8 Å². The highest BCUT2D eigenvalue weighted by Crippen LogP contribution is 2.13. The number of hydrogen-bond acceptors (Lipinski definition) is 3. The van der Waals surface area contributed by atoms with Crippen LogP contribution in [0.3, 0.4) is 0 Å². The Morgan fingerprint density at radius 3 is 2.84 bits per heavy atom. The van der Waals surface area contributed by atoms with Crippen molar-refractivity contribution in [2.75, 3.05) is 13.7 Å². The molecule has 0 saturated heterocycles. The van der Waals surface area contributed by atoms with Crippen molar-refractivity contribution in [1.82, 2.24) is 15.5 Å². The Morgan fingerprint density at radius 1 is 1.32 bits per heavy atom. The fourth-order valence-electron chi connectivity index (χ4n) is 2.11. The second-order valence-corrected chi connectivity index (χ2v) is 4.69. The average Bonchev–Trinajstić information content (AvgIpc) is 2.75. The van der Waals surface area contributed by atoms with E-state index in [1.807, 2.05) is 19.1 Å². The van der Waals surface area contributed by atoms with Gasteiger partial charge in [-0.15, -0.1) is 0 Å². The summed E-state index contributed by atoms with van der Waals surface area (Å²) in [5, 5.41) is 10.7. The monoisotopic (exact) mass is 259 g/mol. The fourth-order valence-corrected chi connectivity index (χ4v) is 2.11. The van der Waals surface area contributed by atoms with E-state index in [-0.39, 0.29) is 0 Å². The molecule has 4 heteroatoms. The average molecular weight is 259 g/mol. The molecular formula is C15H21N3O. The number of aromatic amines is 1. The van der Waals surface area contributed by atoms with E-state index >= 15 is 0 Å². The minimum Gasteiger partial charge on any atom is -0.497 e. The number of nitrogens with zero attached hydrogens (tertiary/aromatic N) is 1. The molecule has 0 bridgehead atoms. The van der Waals surface area contributed by atoms with E-state index in [2.05, 4.69) is 34.6 Å². The number of hydrogen-bond donors (Lipinski definition) is 2. The maximum absolute atomic E-state index is 5.22. The fraction of sp³-hybridized carbons (Fsp3) is 0.400. The zero-order valence-electron chi connectivity index (χ0n) is 11.8. The number of H-pyrrole nitrogens is 1. The lowest BCUT2D eigenvalue weighted by Crippen LogP contribution is -2.17. The largest absolute Gasteiger partial charge is 0.497 e. The van der Waals surface area contributed by atoms with E-state index < -0.39 is 0 Å². The van der Waals surface area contributed by atoms with Crippen LogP contribution < -0.4 is 10.1 Å². The Balaban J connectivity index is 1.80. The Kier molecular flexibility index (Phi) is 4.58. The normalized spacial score (nSPS) is 10.7. The van der Waals surface area contributed by atoms with Gasteiger partial charge in [-0.2, -0.15) is 5.10 Å². The second-order valence-electron chi connectivity index (χ2n) is 4.69. The Hall–Kier alpha value is -1.81. The smallest absolute Gasteiger partial charge is 0.119 e. The molecule has 102 valence electrons. The third-order valence-electron chi connectivity index (χ3n) is 3.31. The molecule has 2 rings (SSSR count). The van der Waals surface area contributed by atoms with Gasteiger partial charge < -0.3 is 10.1 Å². The van der Waals surface area contributed by atoms with Gasteiger partial charge in [0.15, 0.2) is 0 Å². The summed E-state index contributed by atoms with van der Waals surface area (Å²) in [5.41, 5.74) is 4.77. The van der Waals surface area contributed by atoms with Crippen LogP contribution in [-0.2, 0) is 13.0 Å². The van der Waals surface area contributed by atoms with Crippen LogP contribution in [0.4, 0.5) is 0 Å². The highest BCUT2D eigenvalue weighted by molar-refractivity contribution is 5.28. The highest BCUT2D eigenvalue weighted by Gasteiger charge is 2.05. The van der Waals surface area contributed by atoms with Crippen LogP contribution in [-0.4, -0.2) is 23.9 Å². The maximum atomic E-state index is 5.22. The van der Waals surface area contributed by atoms with Gasteiger partial charge in [0.2, 0.25) is 0 Å². The number of aromatic nitrogens is 2. The number of aryl methyl sites for hydroxylation is 2. The molecule has 0 radical (unpaired) electrons. The zero-order chi connectivity index (χ0) is 13.7. The Bertz CT molecular complexity index is 514. The third-order valence-corrected chi connectivity index (χ3v) is 3.31. The first kappa shape index (κ1) is 13.6. The molecule has 0 atom stereocenters. The summed E-state index contributed by atoms with van der Waals surface area (Å²) >= 11 is 0. The molecule has 0 aliphatic rings. The number of ether oxygens (including phenoxy) is 1. The van der Waals surface area contributed by atoms with Gasteiger partial charge in [-0.3, -0.25) is 5.10 Å². The predicted molar refractivity (Wildman–Crippen MR) is 76.5 cm³/mol. The predicted octanol–water partition coefficient (Wildman–Crippen LogP) is 2.37. The number of rotatable bonds is 6. The molecule has 2 N–H and O–H groups in total. The van der Waals surface area contributed by atoms with E-state index in [9.17, 15) is 0 Å². The first-order valence-corrected chi connectivity index (χ1v) is 6.55. The molecule has 0 spiro atoms. The van der Waals surface area contributed by atoms with E-state index in [1.165, 1.54) is 11.1 Å². The van der Waals surface area contributed by atoms with Crippen molar-refractivity contribution in [1.29, 1.82) is 0 Å². The second kappa shape index (κ2) is 6.38. The van der Waals surface area contributed by atoms with Crippen LogP contribution in [0, 0.1) is 13.8 Å². The first-order chi connectivity index (χ1) is 9.20. The summed E-state index contributed by atoms with van der Waals surface area (Å²) in [7, 11) is 1.70. The summed E-state index contributed by atoms with van der Waals surface area (Å²) in [5.74, 6) is 0.916. The third kappa shape index (κ3) is 3.58. The van der Waals surface area contributed by atoms with Crippen molar-refractivity contribution in [3.63, 3.8) is 0 Å². The molecule has 0 amide bonds. The van der Waals surface area contributed by atoms with Gasteiger partial charge in [0.1, 0.15) is 5.75 Å². The molecular weight excluding hydrogens is 238 g/mol. The number of benzene rings is 1. The molecule has 1 aromatic carbocycles. The molecule has 0 unspecified atom stereocenters. The molecule has 0 fully saturated rings. The first-order valence-electron chi connectivity index (χ1n) is 6.55. The molecule has 1 aromatic heterocycles. The summed E-state index contributed by atoms with van der Waals surface area (Å²) in [6.07, 6.45) is 0.993. The van der Waals surface area contributed by atoms with Gasteiger partial charge in [0, 0.05) is 17.8 Å². The van der Waals surface area contributed by atoms with E-state index in [0.29, 0.717) is 0 Å².